The van der Waals surface area contributed by atoms with Crippen LogP contribution in [0.4, 0.5) is 11.8 Å². The van der Waals surface area contributed by atoms with Crippen LogP contribution in [0.3, 0.4) is 0 Å². The largest absolute Gasteiger partial charge is 0.496 e. The average Bonchev–Trinajstić information content (AvgIpc) is 3.44. The highest BCUT2D eigenvalue weighted by Crippen LogP contribution is 2.41. The van der Waals surface area contributed by atoms with E-state index in [2.05, 4.69) is 19.9 Å². The van der Waals surface area contributed by atoms with Crippen LogP contribution in [0.25, 0.3) is 11.6 Å². The summed E-state index contributed by atoms with van der Waals surface area (Å²) in [6.45, 7) is 3.86. The first-order chi connectivity index (χ1) is 18.2. The van der Waals surface area contributed by atoms with Crippen molar-refractivity contribution < 1.29 is 24.9 Å². The van der Waals surface area contributed by atoms with Gasteiger partial charge in [-0.2, -0.15) is 4.98 Å². The van der Waals surface area contributed by atoms with Gasteiger partial charge in [0.25, 0.3) is 5.91 Å². The van der Waals surface area contributed by atoms with Crippen LogP contribution in [0.15, 0.2) is 18.5 Å². The van der Waals surface area contributed by atoms with Gasteiger partial charge in [-0.1, -0.05) is 11.6 Å². The van der Waals surface area contributed by atoms with E-state index in [9.17, 15) is 20.1 Å². The highest BCUT2D eigenvalue weighted by molar-refractivity contribution is 6.41. The molecule has 0 saturated carbocycles. The molecule has 0 radical (unpaired) electrons. The second kappa shape index (κ2) is 11.5. The summed E-state index contributed by atoms with van der Waals surface area (Å²) in [5.41, 5.74) is 9.75. The number of fused-ring (bicyclic) bond motifs is 1. The molecule has 0 fully saturated rings. The van der Waals surface area contributed by atoms with Crippen molar-refractivity contribution in [1.29, 1.82) is 0 Å². The number of nitrogen functional groups attached to an aromatic ring is 1. The Kier molecular flexibility index (Phi) is 8.29. The first kappa shape index (κ1) is 27.5. The molecule has 0 saturated heterocycles. The minimum atomic E-state index is -1.07. The number of aromatic amines is 1. The molecular weight excluding hydrogens is 514 g/mol. The minimum absolute atomic E-state index is 0.0321. The Morgan fingerprint density at radius 2 is 1.97 bits per heavy atom. The van der Waals surface area contributed by atoms with Crippen molar-refractivity contribution in [3.05, 3.63) is 57.3 Å². The van der Waals surface area contributed by atoms with Gasteiger partial charge in [-0.3, -0.25) is 19.6 Å². The lowest BCUT2D eigenvalue weighted by Crippen LogP contribution is -2.33. The van der Waals surface area contributed by atoms with Gasteiger partial charge in [0.15, 0.2) is 5.82 Å². The number of amides is 1. The van der Waals surface area contributed by atoms with Gasteiger partial charge >= 0.3 is 0 Å². The van der Waals surface area contributed by atoms with E-state index in [1.54, 1.807) is 31.6 Å². The number of halogens is 1. The number of methoxy groups -OCH3 is 1. The van der Waals surface area contributed by atoms with Crippen LogP contribution in [0.1, 0.15) is 39.9 Å². The van der Waals surface area contributed by atoms with E-state index in [-0.39, 0.29) is 61.2 Å². The number of carbonyl (C=O) groups is 1. The molecule has 3 aromatic rings. The summed E-state index contributed by atoms with van der Waals surface area (Å²) >= 11 is 6.45. The molecule has 1 atom stereocenters. The van der Waals surface area contributed by atoms with Crippen molar-refractivity contribution >= 4 is 40.9 Å². The molecule has 0 aromatic carbocycles. The Labute approximate surface area is 224 Å². The SMILES string of the molecule is COc1c(C)cnc(CN2C(=O)/C(=C\c3cc(C(O)N(CCO)CCO)c[nH]3)c3c(Cl)nc(N)nc32)c1C. The lowest BCUT2D eigenvalue weighted by Gasteiger charge is -2.25. The van der Waals surface area contributed by atoms with E-state index in [1.807, 2.05) is 13.8 Å². The van der Waals surface area contributed by atoms with Gasteiger partial charge in [0, 0.05) is 47.9 Å². The van der Waals surface area contributed by atoms with Crippen LogP contribution < -0.4 is 15.4 Å². The fourth-order valence-electron chi connectivity index (χ4n) is 4.52. The van der Waals surface area contributed by atoms with Gasteiger partial charge < -0.3 is 30.8 Å². The molecule has 4 heterocycles. The van der Waals surface area contributed by atoms with Gasteiger partial charge in [0.05, 0.1) is 43.7 Å². The van der Waals surface area contributed by atoms with Crippen molar-refractivity contribution in [3.8, 4) is 5.75 Å². The number of anilines is 2. The van der Waals surface area contributed by atoms with Crippen molar-refractivity contribution in [2.75, 3.05) is 44.0 Å². The number of carbonyl (C=O) groups excluding carboxylic acids is 1. The Morgan fingerprint density at radius 1 is 1.26 bits per heavy atom. The zero-order chi connectivity index (χ0) is 27.6. The zero-order valence-corrected chi connectivity index (χ0v) is 22.0. The molecule has 13 heteroatoms. The first-order valence-corrected chi connectivity index (χ1v) is 12.3. The summed E-state index contributed by atoms with van der Waals surface area (Å²) in [6, 6.07) is 1.66. The molecule has 1 aliphatic rings. The van der Waals surface area contributed by atoms with E-state index >= 15 is 0 Å². The molecule has 38 heavy (non-hydrogen) atoms. The van der Waals surface area contributed by atoms with Crippen molar-refractivity contribution in [1.82, 2.24) is 24.8 Å². The molecule has 0 aliphatic carbocycles. The maximum atomic E-state index is 13.7. The van der Waals surface area contributed by atoms with E-state index in [0.717, 1.165) is 11.1 Å². The number of H-pyrrole nitrogens is 1. The number of nitrogens with two attached hydrogens (primary N) is 1. The standard InChI is InChI=1S/C25H30ClN7O5/c1-13-10-29-18(14(2)20(13)38-3)12-33-22-19(21(26)30-25(27)31-22)17(24(33)37)9-16-8-15(11-28-16)23(36)32(4-6-34)5-7-35/h8-11,23,28,34-36H,4-7,12H2,1-3H3,(H2,27,30,31)/b17-9-. The first-order valence-electron chi connectivity index (χ1n) is 11.9. The summed E-state index contributed by atoms with van der Waals surface area (Å²) in [5.74, 6) is 0.508. The molecule has 12 nitrogen and oxygen atoms in total. The van der Waals surface area contributed by atoms with E-state index in [0.29, 0.717) is 28.3 Å². The zero-order valence-electron chi connectivity index (χ0n) is 21.3. The predicted octanol–water partition coefficient (Wildman–Crippen LogP) is 1.43. The molecule has 1 unspecified atom stereocenters. The second-order valence-corrected chi connectivity index (χ2v) is 9.17. The fourth-order valence-corrected chi connectivity index (χ4v) is 4.79. The number of aryl methyl sites for hydroxylation is 1. The monoisotopic (exact) mass is 543 g/mol. The molecule has 3 aromatic heterocycles. The molecule has 0 bridgehead atoms. The number of aliphatic hydroxyl groups excluding tert-OH is 3. The van der Waals surface area contributed by atoms with Crippen LogP contribution in [0.5, 0.6) is 5.75 Å². The molecule has 4 rings (SSSR count). The Morgan fingerprint density at radius 3 is 2.63 bits per heavy atom. The number of nitrogens with one attached hydrogen (secondary N) is 1. The van der Waals surface area contributed by atoms with Crippen molar-refractivity contribution in [2.45, 2.75) is 26.6 Å². The molecule has 202 valence electrons. The lowest BCUT2D eigenvalue weighted by atomic mass is 10.1. The number of ether oxygens (including phenoxy) is 1. The van der Waals surface area contributed by atoms with Gasteiger partial charge in [-0.15, -0.1) is 0 Å². The number of aromatic nitrogens is 4. The maximum Gasteiger partial charge on any atom is 0.260 e. The third-order valence-electron chi connectivity index (χ3n) is 6.37. The van der Waals surface area contributed by atoms with Crippen molar-refractivity contribution in [2.24, 2.45) is 0 Å². The summed E-state index contributed by atoms with van der Waals surface area (Å²) < 4.78 is 5.51. The van der Waals surface area contributed by atoms with Gasteiger partial charge in [-0.25, -0.2) is 4.98 Å². The van der Waals surface area contributed by atoms with E-state index in [1.165, 1.54) is 9.80 Å². The van der Waals surface area contributed by atoms with Gasteiger partial charge in [-0.05, 0) is 26.0 Å². The Balaban J connectivity index is 1.71. The number of nitrogens with zero attached hydrogens (tertiary/aromatic N) is 5. The average molecular weight is 544 g/mol. The van der Waals surface area contributed by atoms with Crippen LogP contribution >= 0.6 is 11.6 Å². The molecule has 6 N–H and O–H groups in total. The molecule has 1 aliphatic heterocycles. The molecule has 0 spiro atoms. The van der Waals surface area contributed by atoms with Gasteiger partial charge in [0.2, 0.25) is 5.95 Å². The maximum absolute atomic E-state index is 13.7. The topological polar surface area (TPSA) is 174 Å². The Bertz CT molecular complexity index is 1370. The Hall–Kier alpha value is -3.55. The third-order valence-corrected chi connectivity index (χ3v) is 6.64. The fraction of sp³-hybridized carbons (Fsp3) is 0.360. The van der Waals surface area contributed by atoms with Crippen molar-refractivity contribution in [3.63, 3.8) is 0 Å². The quantitative estimate of drug-likeness (QED) is 0.143. The summed E-state index contributed by atoms with van der Waals surface area (Å²) in [6.07, 6.45) is 3.80. The van der Waals surface area contributed by atoms with E-state index in [4.69, 9.17) is 22.1 Å². The minimum Gasteiger partial charge on any atom is -0.496 e. The summed E-state index contributed by atoms with van der Waals surface area (Å²) in [5, 5.41) is 29.3. The summed E-state index contributed by atoms with van der Waals surface area (Å²) in [7, 11) is 1.58. The van der Waals surface area contributed by atoms with E-state index < -0.39 is 6.23 Å². The van der Waals surface area contributed by atoms with Crippen LogP contribution in [0, 0.1) is 13.8 Å². The number of pyridine rings is 1. The predicted molar refractivity (Wildman–Crippen MR) is 142 cm³/mol. The smallest absolute Gasteiger partial charge is 0.260 e. The highest BCUT2D eigenvalue weighted by atomic mass is 35.5. The number of hydrogen-bond acceptors (Lipinski definition) is 10. The van der Waals surface area contributed by atoms with Gasteiger partial charge in [0.1, 0.15) is 17.1 Å². The second-order valence-electron chi connectivity index (χ2n) is 8.81. The third kappa shape index (κ3) is 5.22. The molecule has 1 amide bonds. The number of aliphatic hydroxyl groups is 3. The normalized spacial score (nSPS) is 15.0. The summed E-state index contributed by atoms with van der Waals surface area (Å²) in [4.78, 5) is 32.5. The molecular formula is C25H30ClN7O5. The number of rotatable bonds is 10. The van der Waals surface area contributed by atoms with Crippen LogP contribution in [-0.4, -0.2) is 79.5 Å². The highest BCUT2D eigenvalue weighted by Gasteiger charge is 2.37. The number of hydrogen-bond donors (Lipinski definition) is 5. The van der Waals surface area contributed by atoms with Crippen LogP contribution in [-0.2, 0) is 11.3 Å². The lowest BCUT2D eigenvalue weighted by molar-refractivity contribution is -0.113. The van der Waals surface area contributed by atoms with Crippen LogP contribution in [0.2, 0.25) is 5.15 Å².